The molecular formula is C13H22N2S. The van der Waals surface area contributed by atoms with Gasteiger partial charge in [-0.15, -0.1) is 11.3 Å². The fourth-order valence-electron chi connectivity index (χ4n) is 2.80. The topological polar surface area (TPSA) is 38.9 Å². The van der Waals surface area contributed by atoms with Crippen molar-refractivity contribution in [2.75, 3.05) is 6.54 Å². The first-order valence-corrected chi connectivity index (χ1v) is 7.23. The highest BCUT2D eigenvalue weighted by atomic mass is 32.1. The van der Waals surface area contributed by atoms with E-state index in [1.165, 1.54) is 55.5 Å². The number of nitrogens with two attached hydrogens (primary N) is 1. The van der Waals surface area contributed by atoms with E-state index < -0.39 is 0 Å². The van der Waals surface area contributed by atoms with E-state index in [9.17, 15) is 0 Å². The van der Waals surface area contributed by atoms with Gasteiger partial charge in [-0.1, -0.05) is 19.3 Å². The van der Waals surface area contributed by atoms with E-state index in [2.05, 4.69) is 11.9 Å². The first-order valence-electron chi connectivity index (χ1n) is 6.35. The van der Waals surface area contributed by atoms with Crippen LogP contribution in [0.25, 0.3) is 0 Å². The summed E-state index contributed by atoms with van der Waals surface area (Å²) in [6.45, 7) is 2.98. The van der Waals surface area contributed by atoms with Gasteiger partial charge in [0.1, 0.15) is 0 Å². The maximum Gasteiger partial charge on any atom is 0.0797 e. The second kappa shape index (κ2) is 5.28. The molecule has 1 heterocycles. The number of aromatic nitrogens is 1. The summed E-state index contributed by atoms with van der Waals surface area (Å²) in [5.41, 5.74) is 9.62. The Morgan fingerprint density at radius 3 is 2.69 bits per heavy atom. The minimum atomic E-state index is 0.439. The Hall–Kier alpha value is -0.410. The Labute approximate surface area is 102 Å². The summed E-state index contributed by atoms with van der Waals surface area (Å²) in [6, 6.07) is 0. The number of rotatable bonds is 4. The molecule has 16 heavy (non-hydrogen) atoms. The molecule has 1 aliphatic rings. The van der Waals surface area contributed by atoms with Crippen molar-refractivity contribution in [3.8, 4) is 0 Å². The van der Waals surface area contributed by atoms with Crippen LogP contribution in [0.15, 0.2) is 5.51 Å². The molecule has 0 bridgehead atoms. The molecule has 0 saturated heterocycles. The SMILES string of the molecule is Cc1ncsc1CCC1(CN)CCCCC1. The van der Waals surface area contributed by atoms with Crippen LogP contribution in [0, 0.1) is 12.3 Å². The Morgan fingerprint density at radius 1 is 1.38 bits per heavy atom. The van der Waals surface area contributed by atoms with Gasteiger partial charge in [0.25, 0.3) is 0 Å². The molecule has 0 atom stereocenters. The van der Waals surface area contributed by atoms with E-state index in [-0.39, 0.29) is 0 Å². The first-order chi connectivity index (χ1) is 7.76. The second-order valence-electron chi connectivity index (χ2n) is 5.13. The van der Waals surface area contributed by atoms with Crippen molar-refractivity contribution in [1.82, 2.24) is 4.98 Å². The monoisotopic (exact) mass is 238 g/mol. The molecule has 0 amide bonds. The van der Waals surface area contributed by atoms with Gasteiger partial charge in [0, 0.05) is 4.88 Å². The van der Waals surface area contributed by atoms with Crippen LogP contribution in [0.3, 0.4) is 0 Å². The zero-order valence-corrected chi connectivity index (χ0v) is 11.0. The number of hydrogen-bond donors (Lipinski definition) is 1. The maximum absolute atomic E-state index is 6.00. The van der Waals surface area contributed by atoms with E-state index in [0.29, 0.717) is 5.41 Å². The first kappa shape index (κ1) is 12.1. The van der Waals surface area contributed by atoms with Crippen LogP contribution in [-0.4, -0.2) is 11.5 Å². The largest absolute Gasteiger partial charge is 0.330 e. The predicted molar refractivity (Wildman–Crippen MR) is 69.7 cm³/mol. The van der Waals surface area contributed by atoms with E-state index in [1.807, 2.05) is 5.51 Å². The van der Waals surface area contributed by atoms with Crippen LogP contribution in [0.1, 0.15) is 49.1 Å². The highest BCUT2D eigenvalue weighted by molar-refractivity contribution is 7.09. The zero-order chi connectivity index (χ0) is 11.4. The minimum Gasteiger partial charge on any atom is -0.330 e. The zero-order valence-electron chi connectivity index (χ0n) is 10.2. The lowest BCUT2D eigenvalue weighted by Gasteiger charge is -2.36. The molecule has 1 aromatic rings. The highest BCUT2D eigenvalue weighted by Crippen LogP contribution is 2.39. The lowest BCUT2D eigenvalue weighted by Crippen LogP contribution is -2.33. The third-order valence-corrected chi connectivity index (χ3v) is 5.07. The van der Waals surface area contributed by atoms with Crippen LogP contribution in [-0.2, 0) is 6.42 Å². The molecule has 0 unspecified atom stereocenters. The predicted octanol–water partition coefficient (Wildman–Crippen LogP) is 3.29. The molecule has 2 nitrogen and oxygen atoms in total. The van der Waals surface area contributed by atoms with E-state index in [1.54, 1.807) is 11.3 Å². The Morgan fingerprint density at radius 2 is 2.12 bits per heavy atom. The summed E-state index contributed by atoms with van der Waals surface area (Å²) in [7, 11) is 0. The fourth-order valence-corrected chi connectivity index (χ4v) is 3.58. The standard InChI is InChI=1S/C13H22N2S/c1-11-12(16-10-15-11)5-8-13(9-14)6-3-2-4-7-13/h10H,2-9,14H2,1H3. The molecule has 0 aliphatic heterocycles. The maximum atomic E-state index is 6.00. The van der Waals surface area contributed by atoms with Crippen molar-refractivity contribution < 1.29 is 0 Å². The normalized spacial score (nSPS) is 19.9. The van der Waals surface area contributed by atoms with Gasteiger partial charge in [-0.05, 0) is 44.6 Å². The molecule has 2 N–H and O–H groups in total. The van der Waals surface area contributed by atoms with Crippen LogP contribution in [0.2, 0.25) is 0 Å². The summed E-state index contributed by atoms with van der Waals surface area (Å²) in [5.74, 6) is 0. The van der Waals surface area contributed by atoms with Gasteiger partial charge in [0.15, 0.2) is 0 Å². The van der Waals surface area contributed by atoms with Crippen molar-refractivity contribution in [1.29, 1.82) is 0 Å². The van der Waals surface area contributed by atoms with Crippen molar-refractivity contribution >= 4 is 11.3 Å². The summed E-state index contributed by atoms with van der Waals surface area (Å²) < 4.78 is 0. The van der Waals surface area contributed by atoms with Crippen molar-refractivity contribution in [3.63, 3.8) is 0 Å². The molecule has 1 fully saturated rings. The average molecular weight is 238 g/mol. The van der Waals surface area contributed by atoms with Gasteiger partial charge in [-0.3, -0.25) is 0 Å². The van der Waals surface area contributed by atoms with Gasteiger partial charge < -0.3 is 5.73 Å². The van der Waals surface area contributed by atoms with Crippen molar-refractivity contribution in [3.05, 3.63) is 16.1 Å². The van der Waals surface area contributed by atoms with Gasteiger partial charge in [0.05, 0.1) is 11.2 Å². The summed E-state index contributed by atoms with van der Waals surface area (Å²) in [4.78, 5) is 5.77. The molecule has 0 spiro atoms. The van der Waals surface area contributed by atoms with Crippen LogP contribution < -0.4 is 5.73 Å². The van der Waals surface area contributed by atoms with Gasteiger partial charge in [-0.25, -0.2) is 4.98 Å². The van der Waals surface area contributed by atoms with Crippen molar-refractivity contribution in [2.24, 2.45) is 11.1 Å². The fraction of sp³-hybridized carbons (Fsp3) is 0.769. The van der Waals surface area contributed by atoms with E-state index >= 15 is 0 Å². The third-order valence-electron chi connectivity index (χ3n) is 4.07. The number of aryl methyl sites for hydroxylation is 2. The van der Waals surface area contributed by atoms with Crippen molar-refractivity contribution in [2.45, 2.75) is 51.9 Å². The Bertz CT molecular complexity index is 326. The van der Waals surface area contributed by atoms with Gasteiger partial charge in [-0.2, -0.15) is 0 Å². The Kier molecular flexibility index (Phi) is 3.98. The lowest BCUT2D eigenvalue weighted by atomic mass is 9.71. The average Bonchev–Trinajstić information content (AvgIpc) is 2.74. The van der Waals surface area contributed by atoms with Gasteiger partial charge >= 0.3 is 0 Å². The molecule has 0 aromatic carbocycles. The second-order valence-corrected chi connectivity index (χ2v) is 6.07. The molecule has 1 saturated carbocycles. The highest BCUT2D eigenvalue weighted by Gasteiger charge is 2.30. The summed E-state index contributed by atoms with van der Waals surface area (Å²) >= 11 is 1.80. The molecule has 3 heteroatoms. The Balaban J connectivity index is 1.94. The van der Waals surface area contributed by atoms with Crippen LogP contribution in [0.5, 0.6) is 0 Å². The quantitative estimate of drug-likeness (QED) is 0.874. The molecule has 0 radical (unpaired) electrons. The van der Waals surface area contributed by atoms with Crippen LogP contribution >= 0.6 is 11.3 Å². The number of hydrogen-bond acceptors (Lipinski definition) is 3. The molecular weight excluding hydrogens is 216 g/mol. The molecule has 90 valence electrons. The summed E-state index contributed by atoms with van der Waals surface area (Å²) in [5, 5.41) is 0. The van der Waals surface area contributed by atoms with Crippen LogP contribution in [0.4, 0.5) is 0 Å². The molecule has 2 rings (SSSR count). The van der Waals surface area contributed by atoms with Gasteiger partial charge in [0.2, 0.25) is 0 Å². The summed E-state index contributed by atoms with van der Waals surface area (Å²) in [6.07, 6.45) is 9.25. The number of nitrogens with zero attached hydrogens (tertiary/aromatic N) is 1. The number of thiazole rings is 1. The third kappa shape index (κ3) is 2.64. The molecule has 1 aliphatic carbocycles. The van der Waals surface area contributed by atoms with E-state index in [0.717, 1.165) is 6.54 Å². The van der Waals surface area contributed by atoms with E-state index in [4.69, 9.17) is 5.73 Å². The smallest absolute Gasteiger partial charge is 0.0797 e. The lowest BCUT2D eigenvalue weighted by molar-refractivity contribution is 0.183. The molecule has 1 aromatic heterocycles. The minimum absolute atomic E-state index is 0.439.